The molecule has 0 aliphatic carbocycles. The Kier molecular flexibility index (Phi) is 7.56. The average Bonchev–Trinajstić information content (AvgIpc) is 2.79. The number of amides is 1. The number of rotatable bonds is 8. The van der Waals surface area contributed by atoms with E-state index in [0.717, 1.165) is 23.3 Å². The van der Waals surface area contributed by atoms with Crippen LogP contribution in [0.25, 0.3) is 0 Å². The lowest BCUT2D eigenvalue weighted by molar-refractivity contribution is -0.126. The fraction of sp³-hybridized carbons (Fsp3) is 0.435. The number of benzene rings is 2. The predicted octanol–water partition coefficient (Wildman–Crippen LogP) is 2.77. The quantitative estimate of drug-likeness (QED) is 0.674. The van der Waals surface area contributed by atoms with Crippen molar-refractivity contribution in [1.82, 2.24) is 9.62 Å². The van der Waals surface area contributed by atoms with Crippen molar-refractivity contribution in [2.24, 2.45) is 5.92 Å². The van der Waals surface area contributed by atoms with E-state index in [0.29, 0.717) is 38.2 Å². The maximum absolute atomic E-state index is 13.1. The summed E-state index contributed by atoms with van der Waals surface area (Å²) in [7, 11) is -0.576. The van der Waals surface area contributed by atoms with Crippen molar-refractivity contribution in [3.63, 3.8) is 0 Å². The molecule has 31 heavy (non-hydrogen) atoms. The number of hydrogen-bond donors (Lipinski definition) is 1. The summed E-state index contributed by atoms with van der Waals surface area (Å²) in [5.41, 5.74) is 1.97. The second-order valence-electron chi connectivity index (χ2n) is 7.72. The molecule has 0 bridgehead atoms. The number of carbonyl (C=O) groups excluding carboxylic acids is 1. The SMILES string of the molecule is COc1ccc(CCNC(=O)C2CCN(S(=O)(=O)c3cc(C)ccc3OC)CC2)cc1. The number of hydrogen-bond acceptors (Lipinski definition) is 5. The highest BCUT2D eigenvalue weighted by Crippen LogP contribution is 2.30. The van der Waals surface area contributed by atoms with Gasteiger partial charge >= 0.3 is 0 Å². The molecule has 0 unspecified atom stereocenters. The Balaban J connectivity index is 1.52. The van der Waals surface area contributed by atoms with Crippen LogP contribution in [0.1, 0.15) is 24.0 Å². The maximum atomic E-state index is 13.1. The first-order valence-electron chi connectivity index (χ1n) is 10.4. The molecule has 0 saturated carbocycles. The molecule has 8 heteroatoms. The Hall–Kier alpha value is -2.58. The molecule has 1 N–H and O–H groups in total. The van der Waals surface area contributed by atoms with E-state index in [1.807, 2.05) is 37.3 Å². The van der Waals surface area contributed by atoms with Gasteiger partial charge in [0.2, 0.25) is 15.9 Å². The van der Waals surface area contributed by atoms with Crippen molar-refractivity contribution in [3.8, 4) is 11.5 Å². The normalized spacial score (nSPS) is 15.5. The number of methoxy groups -OCH3 is 2. The van der Waals surface area contributed by atoms with Crippen molar-refractivity contribution in [1.29, 1.82) is 0 Å². The van der Waals surface area contributed by atoms with Crippen LogP contribution in [0, 0.1) is 12.8 Å². The molecular weight excluding hydrogens is 416 g/mol. The van der Waals surface area contributed by atoms with E-state index < -0.39 is 10.0 Å². The fourth-order valence-electron chi connectivity index (χ4n) is 3.75. The summed E-state index contributed by atoms with van der Waals surface area (Å²) in [5, 5.41) is 2.98. The monoisotopic (exact) mass is 446 g/mol. The Morgan fingerprint density at radius 2 is 1.74 bits per heavy atom. The van der Waals surface area contributed by atoms with Gasteiger partial charge in [-0.25, -0.2) is 8.42 Å². The van der Waals surface area contributed by atoms with Gasteiger partial charge in [0.25, 0.3) is 0 Å². The molecule has 0 spiro atoms. The Labute approximate surface area is 184 Å². The molecular formula is C23H30N2O5S. The third kappa shape index (κ3) is 5.57. The molecule has 1 aliphatic heterocycles. The van der Waals surface area contributed by atoms with E-state index >= 15 is 0 Å². The summed E-state index contributed by atoms with van der Waals surface area (Å²) in [4.78, 5) is 12.7. The van der Waals surface area contributed by atoms with E-state index in [-0.39, 0.29) is 16.7 Å². The molecule has 2 aromatic rings. The highest BCUT2D eigenvalue weighted by atomic mass is 32.2. The standard InChI is InChI=1S/C23H30N2O5S/c1-17-4-9-21(30-3)22(16-17)31(27,28)25-14-11-19(12-15-25)23(26)24-13-10-18-5-7-20(29-2)8-6-18/h4-9,16,19H,10-15H2,1-3H3,(H,24,26). The van der Waals surface area contributed by atoms with Gasteiger partial charge in [-0.15, -0.1) is 0 Å². The number of sulfonamides is 1. The van der Waals surface area contributed by atoms with Crippen LogP contribution >= 0.6 is 0 Å². The van der Waals surface area contributed by atoms with Crippen LogP contribution in [0.5, 0.6) is 11.5 Å². The van der Waals surface area contributed by atoms with Crippen molar-refractivity contribution >= 4 is 15.9 Å². The zero-order valence-electron chi connectivity index (χ0n) is 18.3. The Bertz CT molecular complexity index is 997. The number of nitrogens with zero attached hydrogens (tertiary/aromatic N) is 1. The third-order valence-corrected chi connectivity index (χ3v) is 7.55. The molecule has 1 heterocycles. The summed E-state index contributed by atoms with van der Waals surface area (Å²) in [6.45, 7) is 3.02. The molecule has 1 aliphatic rings. The summed E-state index contributed by atoms with van der Waals surface area (Å²) in [5.74, 6) is 0.946. The average molecular weight is 447 g/mol. The van der Waals surface area contributed by atoms with Gasteiger partial charge in [0.05, 0.1) is 14.2 Å². The topological polar surface area (TPSA) is 84.9 Å². The highest BCUT2D eigenvalue weighted by Gasteiger charge is 2.33. The molecule has 0 aromatic heterocycles. The van der Waals surface area contributed by atoms with Gasteiger partial charge in [-0.3, -0.25) is 4.79 Å². The lowest BCUT2D eigenvalue weighted by atomic mass is 9.97. The van der Waals surface area contributed by atoms with E-state index in [9.17, 15) is 13.2 Å². The molecule has 0 radical (unpaired) electrons. The van der Waals surface area contributed by atoms with Gasteiger partial charge < -0.3 is 14.8 Å². The molecule has 7 nitrogen and oxygen atoms in total. The van der Waals surface area contributed by atoms with E-state index in [4.69, 9.17) is 9.47 Å². The highest BCUT2D eigenvalue weighted by molar-refractivity contribution is 7.89. The minimum atomic E-state index is -3.67. The van der Waals surface area contributed by atoms with E-state index in [1.54, 1.807) is 19.2 Å². The first-order chi connectivity index (χ1) is 14.8. The van der Waals surface area contributed by atoms with Crippen LogP contribution in [0.3, 0.4) is 0 Å². The first kappa shape index (κ1) is 23.1. The summed E-state index contributed by atoms with van der Waals surface area (Å²) in [6.07, 6.45) is 1.74. The smallest absolute Gasteiger partial charge is 0.246 e. The summed E-state index contributed by atoms with van der Waals surface area (Å²) < 4.78 is 38.1. The molecule has 1 fully saturated rings. The fourth-order valence-corrected chi connectivity index (χ4v) is 5.46. The molecule has 2 aromatic carbocycles. The minimum absolute atomic E-state index is 0.0151. The van der Waals surface area contributed by atoms with Gasteiger partial charge in [0.1, 0.15) is 16.4 Å². The van der Waals surface area contributed by atoms with Gasteiger partial charge in [0, 0.05) is 25.6 Å². The number of nitrogens with one attached hydrogen (secondary N) is 1. The predicted molar refractivity (Wildman–Crippen MR) is 119 cm³/mol. The van der Waals surface area contributed by atoms with Crippen LogP contribution in [0.2, 0.25) is 0 Å². The van der Waals surface area contributed by atoms with Crippen molar-refractivity contribution in [2.75, 3.05) is 33.9 Å². The van der Waals surface area contributed by atoms with E-state index in [1.165, 1.54) is 11.4 Å². The van der Waals surface area contributed by atoms with Crippen molar-refractivity contribution in [3.05, 3.63) is 53.6 Å². The lowest BCUT2D eigenvalue weighted by Crippen LogP contribution is -2.43. The summed E-state index contributed by atoms with van der Waals surface area (Å²) >= 11 is 0. The zero-order valence-corrected chi connectivity index (χ0v) is 19.1. The van der Waals surface area contributed by atoms with Crippen molar-refractivity contribution < 1.29 is 22.7 Å². The van der Waals surface area contributed by atoms with Gasteiger partial charge in [-0.2, -0.15) is 4.31 Å². The second kappa shape index (κ2) is 10.2. The largest absolute Gasteiger partial charge is 0.497 e. The van der Waals surface area contributed by atoms with Gasteiger partial charge in [-0.1, -0.05) is 18.2 Å². The molecule has 1 amide bonds. The molecule has 0 atom stereocenters. The van der Waals surface area contributed by atoms with Crippen LogP contribution < -0.4 is 14.8 Å². The van der Waals surface area contributed by atoms with Gasteiger partial charge in [-0.05, 0) is 61.6 Å². The number of carbonyl (C=O) groups is 1. The van der Waals surface area contributed by atoms with Crippen LogP contribution in [-0.2, 0) is 21.2 Å². The Morgan fingerprint density at radius 1 is 1.06 bits per heavy atom. The van der Waals surface area contributed by atoms with Gasteiger partial charge in [0.15, 0.2) is 0 Å². The molecule has 168 valence electrons. The van der Waals surface area contributed by atoms with E-state index in [2.05, 4.69) is 5.32 Å². The second-order valence-corrected chi connectivity index (χ2v) is 9.63. The zero-order chi connectivity index (χ0) is 22.4. The number of ether oxygens (including phenoxy) is 2. The van der Waals surface area contributed by atoms with Crippen LogP contribution in [0.15, 0.2) is 47.4 Å². The number of piperidine rings is 1. The minimum Gasteiger partial charge on any atom is -0.497 e. The molecule has 3 rings (SSSR count). The summed E-state index contributed by atoms with van der Waals surface area (Å²) in [6, 6.07) is 12.9. The Morgan fingerprint density at radius 3 is 2.35 bits per heavy atom. The maximum Gasteiger partial charge on any atom is 0.246 e. The lowest BCUT2D eigenvalue weighted by Gasteiger charge is -2.31. The number of aryl methyl sites for hydroxylation is 1. The van der Waals surface area contributed by atoms with Crippen LogP contribution in [-0.4, -0.2) is 52.5 Å². The molecule has 1 saturated heterocycles. The third-order valence-electron chi connectivity index (χ3n) is 5.63. The van der Waals surface area contributed by atoms with Crippen molar-refractivity contribution in [2.45, 2.75) is 31.1 Å². The first-order valence-corrected chi connectivity index (χ1v) is 11.8. The van der Waals surface area contributed by atoms with Crippen LogP contribution in [0.4, 0.5) is 0 Å².